The number of carbonyl (C=O) groups excluding carboxylic acids is 1. The van der Waals surface area contributed by atoms with E-state index in [1.807, 2.05) is 29.6 Å². The lowest BCUT2D eigenvalue weighted by atomic mass is 9.37. The van der Waals surface area contributed by atoms with E-state index in [-0.39, 0.29) is 29.8 Å². The predicted molar refractivity (Wildman–Crippen MR) is 126 cm³/mol. The number of hydrogen-bond donors (Lipinski definition) is 3. The third-order valence-corrected chi connectivity index (χ3v) is 9.66. The van der Waals surface area contributed by atoms with Crippen LogP contribution in [-0.4, -0.2) is 67.1 Å². The normalized spacial score (nSPS) is 24.5. The number of urea groups is 1. The number of sulfone groups is 1. The third kappa shape index (κ3) is 3.97. The van der Waals surface area contributed by atoms with E-state index in [1.165, 1.54) is 12.1 Å². The number of halogens is 2. The number of benzene rings is 1. The molecule has 7 nitrogen and oxygen atoms in total. The summed E-state index contributed by atoms with van der Waals surface area (Å²) in [5.74, 6) is -0.596. The molecule has 30 heavy (non-hydrogen) atoms. The van der Waals surface area contributed by atoms with Gasteiger partial charge in [-0.1, -0.05) is 34.4 Å². The number of allylic oxidation sites excluding steroid dienone is 1. The van der Waals surface area contributed by atoms with Crippen LogP contribution in [-0.2, 0) is 14.6 Å². The zero-order valence-corrected chi connectivity index (χ0v) is 19.4. The molecule has 3 rings (SSSR count). The van der Waals surface area contributed by atoms with Crippen molar-refractivity contribution < 1.29 is 23.1 Å². The van der Waals surface area contributed by atoms with Gasteiger partial charge in [0.15, 0.2) is 15.6 Å². The Morgan fingerprint density at radius 3 is 2.53 bits per heavy atom. The summed E-state index contributed by atoms with van der Waals surface area (Å²) in [6.45, 7) is 0.296. The predicted octanol–water partition coefficient (Wildman–Crippen LogP) is 0.358. The van der Waals surface area contributed by atoms with Crippen molar-refractivity contribution in [3.63, 3.8) is 0 Å². The lowest BCUT2D eigenvalue weighted by molar-refractivity contribution is 0.189. The van der Waals surface area contributed by atoms with Gasteiger partial charge in [-0.3, -0.25) is 0 Å². The molecule has 1 unspecified atom stereocenters. The quantitative estimate of drug-likeness (QED) is 0.426. The molecule has 1 aromatic rings. The van der Waals surface area contributed by atoms with E-state index >= 15 is 0 Å². The molecular formula is C17H23B3Cl2N2O5S. The molecule has 0 bridgehead atoms. The van der Waals surface area contributed by atoms with E-state index in [9.17, 15) is 18.3 Å². The van der Waals surface area contributed by atoms with Gasteiger partial charge in [0.25, 0.3) is 0 Å². The lowest BCUT2D eigenvalue weighted by Crippen LogP contribution is -2.51. The summed E-state index contributed by atoms with van der Waals surface area (Å²) in [6, 6.07) is 1.78. The van der Waals surface area contributed by atoms with Crippen LogP contribution in [0.1, 0.15) is 19.3 Å². The topological polar surface area (TPSA) is 105 Å². The molecule has 1 saturated heterocycles. The van der Waals surface area contributed by atoms with Crippen molar-refractivity contribution in [1.29, 1.82) is 0 Å². The Labute approximate surface area is 189 Å². The molecule has 2 atom stereocenters. The van der Waals surface area contributed by atoms with Gasteiger partial charge in [0.2, 0.25) is 0 Å². The summed E-state index contributed by atoms with van der Waals surface area (Å²) in [5.41, 5.74) is -0.0588. The van der Waals surface area contributed by atoms with Crippen molar-refractivity contribution in [2.45, 2.75) is 40.1 Å². The van der Waals surface area contributed by atoms with Crippen LogP contribution in [0.2, 0.25) is 10.1 Å². The van der Waals surface area contributed by atoms with Crippen LogP contribution >= 0.6 is 23.2 Å². The highest BCUT2D eigenvalue weighted by Gasteiger charge is 2.56. The second kappa shape index (κ2) is 8.33. The maximum absolute atomic E-state index is 13.7. The summed E-state index contributed by atoms with van der Waals surface area (Å²) in [4.78, 5) is 12.0. The van der Waals surface area contributed by atoms with E-state index in [0.717, 1.165) is 6.42 Å². The van der Waals surface area contributed by atoms with Gasteiger partial charge in [0.05, 0.1) is 51.6 Å². The maximum Gasteiger partial charge on any atom is 0.319 e. The van der Waals surface area contributed by atoms with Gasteiger partial charge in [0.1, 0.15) is 4.90 Å². The van der Waals surface area contributed by atoms with Gasteiger partial charge >= 0.3 is 6.03 Å². The largest absolute Gasteiger partial charge is 0.504 e. The Bertz CT molecular complexity index is 992. The van der Waals surface area contributed by atoms with Gasteiger partial charge < -0.3 is 20.5 Å². The van der Waals surface area contributed by atoms with E-state index < -0.39 is 36.4 Å². The van der Waals surface area contributed by atoms with Crippen molar-refractivity contribution >= 4 is 68.3 Å². The monoisotopic (exact) mass is 470 g/mol. The fourth-order valence-corrected chi connectivity index (χ4v) is 7.18. The van der Waals surface area contributed by atoms with Crippen LogP contribution in [0, 0.1) is 0 Å². The molecule has 1 aromatic carbocycles. The number of rotatable bonds is 5. The average molecular weight is 471 g/mol. The number of phenols is 1. The van der Waals surface area contributed by atoms with E-state index in [2.05, 4.69) is 10.6 Å². The smallest absolute Gasteiger partial charge is 0.319 e. The van der Waals surface area contributed by atoms with Gasteiger partial charge in [-0.15, -0.1) is 0 Å². The highest BCUT2D eigenvalue weighted by atomic mass is 35.5. The molecule has 1 heterocycles. The summed E-state index contributed by atoms with van der Waals surface area (Å²) < 4.78 is 31.6. The third-order valence-electron chi connectivity index (χ3n) is 5.90. The molecule has 0 saturated carbocycles. The first-order valence-electron chi connectivity index (χ1n) is 9.67. The zero-order chi connectivity index (χ0) is 22.3. The number of hydrogen-bond acceptors (Lipinski definition) is 5. The molecule has 13 heteroatoms. The van der Waals surface area contributed by atoms with Crippen molar-refractivity contribution in [3.05, 3.63) is 28.3 Å². The Hall–Kier alpha value is -1.29. The molecule has 1 aliphatic carbocycles. The summed E-state index contributed by atoms with van der Waals surface area (Å²) in [6.07, 6.45) is 3.54. The average Bonchev–Trinajstić information content (AvgIpc) is 3.28. The van der Waals surface area contributed by atoms with E-state index in [1.54, 1.807) is 0 Å². The number of phenolic OH excluding ortho intramolecular Hbond substituents is 1. The first-order valence-corrected chi connectivity index (χ1v) is 11.9. The highest BCUT2D eigenvalue weighted by molar-refractivity contribution is 7.93. The minimum atomic E-state index is -4.12. The highest BCUT2D eigenvalue weighted by Crippen LogP contribution is 2.50. The molecule has 0 aromatic heterocycles. The molecule has 2 aliphatic rings. The van der Waals surface area contributed by atoms with Crippen molar-refractivity contribution in [1.82, 2.24) is 5.32 Å². The van der Waals surface area contributed by atoms with Gasteiger partial charge in [-0.05, 0) is 31.4 Å². The van der Waals surface area contributed by atoms with Crippen LogP contribution in [0.25, 0.3) is 0 Å². The first-order chi connectivity index (χ1) is 13.9. The fourth-order valence-electron chi connectivity index (χ4n) is 3.98. The van der Waals surface area contributed by atoms with Crippen LogP contribution in [0.4, 0.5) is 10.5 Å². The number of amides is 2. The Balaban J connectivity index is 1.96. The first kappa shape index (κ1) is 23.4. The van der Waals surface area contributed by atoms with E-state index in [4.69, 9.17) is 27.9 Å². The van der Waals surface area contributed by atoms with Gasteiger partial charge in [-0.25, -0.2) is 13.2 Å². The summed E-state index contributed by atoms with van der Waals surface area (Å²) in [5, 5.41) is 15.8. The molecule has 0 spiro atoms. The number of ether oxygens (including phenoxy) is 1. The van der Waals surface area contributed by atoms with E-state index in [0.29, 0.717) is 18.1 Å². The molecular weight excluding hydrogens is 448 g/mol. The molecule has 160 valence electrons. The van der Waals surface area contributed by atoms with Gasteiger partial charge in [-0.2, -0.15) is 0 Å². The maximum atomic E-state index is 13.7. The second-order valence-corrected chi connectivity index (χ2v) is 11.7. The molecule has 2 amide bonds. The minimum absolute atomic E-state index is 0.000736. The Kier molecular flexibility index (Phi) is 6.50. The Morgan fingerprint density at radius 1 is 1.30 bits per heavy atom. The molecule has 1 fully saturated rings. The number of carbonyl (C=O) groups is 1. The fraction of sp³-hybridized carbons (Fsp3) is 0.471. The summed E-state index contributed by atoms with van der Waals surface area (Å²) >= 11 is 12.3. The zero-order valence-electron chi connectivity index (χ0n) is 17.1. The number of nitrogens with one attached hydrogen (secondary N) is 2. The molecule has 1 aliphatic heterocycles. The second-order valence-electron chi connectivity index (χ2n) is 8.64. The van der Waals surface area contributed by atoms with Crippen LogP contribution in [0.5, 0.6) is 5.75 Å². The SMILES string of the molecule is BC(B)(B)C1(S(=O)(=O)c2c(Cl)ccc(NC(=O)N[C@@H]3CCC=C3Cl)c2O)CCOC1. The number of aromatic hydroxyl groups is 1. The van der Waals surface area contributed by atoms with Crippen LogP contribution in [0.15, 0.2) is 28.1 Å². The lowest BCUT2D eigenvalue weighted by Gasteiger charge is -2.40. The van der Waals surface area contributed by atoms with Gasteiger partial charge in [0, 0.05) is 11.6 Å². The van der Waals surface area contributed by atoms with Crippen LogP contribution < -0.4 is 10.6 Å². The molecule has 3 N–H and O–H groups in total. The van der Waals surface area contributed by atoms with Crippen molar-refractivity contribution in [2.24, 2.45) is 0 Å². The standard InChI is InChI=1S/C17H23B3Cl2N2O5S/c18-17(19,20)16(6-7-29-8-16)30(27,28)14-10(22)4-5-12(13(14)25)24-15(26)23-11-3-1-2-9(11)21/h2,4-5,11,25H,1,3,6-8,18-20H2,(H2,23,24,26)/t11-,16?/m1/s1. The van der Waals surface area contributed by atoms with Crippen LogP contribution in [0.3, 0.4) is 0 Å². The summed E-state index contributed by atoms with van der Waals surface area (Å²) in [7, 11) is 1.34. The van der Waals surface area contributed by atoms with Crippen molar-refractivity contribution in [3.8, 4) is 5.75 Å². The van der Waals surface area contributed by atoms with Crippen molar-refractivity contribution in [2.75, 3.05) is 18.5 Å². The molecule has 0 radical (unpaired) electrons. The number of anilines is 1. The Morgan fingerprint density at radius 2 is 2.00 bits per heavy atom. The minimum Gasteiger partial charge on any atom is -0.504 e.